The van der Waals surface area contributed by atoms with Gasteiger partial charge in [-0.1, -0.05) is 44.0 Å². The molecule has 1 atom stereocenters. The highest BCUT2D eigenvalue weighted by Gasteiger charge is 2.18. The number of rotatable bonds is 5. The monoisotopic (exact) mass is 415 g/mol. The van der Waals surface area contributed by atoms with Crippen LogP contribution >= 0.6 is 31.9 Å². The zero-order chi connectivity index (χ0) is 15.4. The summed E-state index contributed by atoms with van der Waals surface area (Å²) >= 11 is 7.02. The Kier molecular flexibility index (Phi) is 5.79. The minimum Gasteiger partial charge on any atom is -0.494 e. The maximum Gasteiger partial charge on any atom is 0.124 e. The molecule has 0 heterocycles. The lowest BCUT2D eigenvalue weighted by Gasteiger charge is -2.20. The van der Waals surface area contributed by atoms with Gasteiger partial charge in [0.15, 0.2) is 0 Å². The van der Waals surface area contributed by atoms with Crippen LogP contribution in [0.3, 0.4) is 0 Å². The van der Waals surface area contributed by atoms with Crippen LogP contribution in [-0.4, -0.2) is 13.7 Å². The van der Waals surface area contributed by atoms with E-state index in [4.69, 9.17) is 4.74 Å². The van der Waals surface area contributed by atoms with Gasteiger partial charge in [-0.05, 0) is 49.4 Å². The molecule has 0 aliphatic rings. The zero-order valence-electron chi connectivity index (χ0n) is 11.8. The number of hydrogen-bond acceptors (Lipinski definition) is 2. The van der Waals surface area contributed by atoms with E-state index in [0.29, 0.717) is 6.61 Å². The molecule has 0 aromatic heterocycles. The Labute approximate surface area is 141 Å². The molecule has 0 radical (unpaired) electrons. The van der Waals surface area contributed by atoms with Crippen molar-refractivity contribution in [3.63, 3.8) is 0 Å². The van der Waals surface area contributed by atoms with Crippen LogP contribution in [0.4, 0.5) is 4.39 Å². The fourth-order valence-corrected chi connectivity index (χ4v) is 3.38. The van der Waals surface area contributed by atoms with E-state index >= 15 is 0 Å². The highest BCUT2D eigenvalue weighted by molar-refractivity contribution is 9.10. The minimum absolute atomic E-state index is 0.0509. The first-order valence-corrected chi connectivity index (χ1v) is 8.19. The van der Waals surface area contributed by atoms with Crippen LogP contribution in [0, 0.1) is 5.82 Å². The second-order valence-corrected chi connectivity index (χ2v) is 6.21. The van der Waals surface area contributed by atoms with Crippen molar-refractivity contribution in [2.45, 2.75) is 13.0 Å². The minimum atomic E-state index is -0.258. The van der Waals surface area contributed by atoms with E-state index < -0.39 is 0 Å². The average molecular weight is 417 g/mol. The van der Waals surface area contributed by atoms with Crippen molar-refractivity contribution in [1.29, 1.82) is 0 Å². The van der Waals surface area contributed by atoms with Gasteiger partial charge in [-0.25, -0.2) is 4.39 Å². The van der Waals surface area contributed by atoms with Gasteiger partial charge in [-0.3, -0.25) is 0 Å². The Hall–Kier alpha value is -0.910. The average Bonchev–Trinajstić information content (AvgIpc) is 2.44. The first-order valence-electron chi connectivity index (χ1n) is 6.61. The van der Waals surface area contributed by atoms with E-state index in [-0.39, 0.29) is 11.9 Å². The smallest absolute Gasteiger partial charge is 0.124 e. The third-order valence-electron chi connectivity index (χ3n) is 3.16. The second-order valence-electron chi connectivity index (χ2n) is 4.50. The van der Waals surface area contributed by atoms with Crippen molar-refractivity contribution in [3.05, 3.63) is 62.3 Å². The normalized spacial score (nSPS) is 12.2. The van der Waals surface area contributed by atoms with Gasteiger partial charge < -0.3 is 10.1 Å². The van der Waals surface area contributed by atoms with Gasteiger partial charge in [0.2, 0.25) is 0 Å². The molecule has 2 nitrogen and oxygen atoms in total. The summed E-state index contributed by atoms with van der Waals surface area (Å²) in [6.45, 7) is 2.58. The van der Waals surface area contributed by atoms with Gasteiger partial charge in [-0.2, -0.15) is 0 Å². The fraction of sp³-hybridized carbons (Fsp3) is 0.250. The molecule has 0 fully saturated rings. The lowest BCUT2D eigenvalue weighted by molar-refractivity contribution is 0.340. The fourth-order valence-electron chi connectivity index (χ4n) is 2.21. The Morgan fingerprint density at radius 1 is 1.10 bits per heavy atom. The van der Waals surface area contributed by atoms with E-state index in [2.05, 4.69) is 37.2 Å². The standard InChI is InChI=1S/C16H16Br2FNO/c1-3-21-11-5-7-13(15(18)9-11)16(20-2)12-6-4-10(19)8-14(12)17/h4-9,16,20H,3H2,1-2H3. The van der Waals surface area contributed by atoms with Crippen molar-refractivity contribution in [1.82, 2.24) is 5.32 Å². The molecule has 0 saturated heterocycles. The van der Waals surface area contributed by atoms with Crippen molar-refractivity contribution in [3.8, 4) is 5.75 Å². The van der Waals surface area contributed by atoms with Crippen molar-refractivity contribution in [2.75, 3.05) is 13.7 Å². The molecule has 0 amide bonds. The maximum absolute atomic E-state index is 13.3. The number of benzene rings is 2. The number of hydrogen-bond donors (Lipinski definition) is 1. The molecule has 1 N–H and O–H groups in total. The first-order chi connectivity index (χ1) is 10.1. The molecule has 0 aliphatic carbocycles. The molecule has 1 unspecified atom stereocenters. The molecule has 0 aliphatic heterocycles. The van der Waals surface area contributed by atoms with Gasteiger partial charge in [0.05, 0.1) is 12.6 Å². The predicted octanol–water partition coefficient (Wildman–Crippen LogP) is 5.06. The van der Waals surface area contributed by atoms with E-state index in [1.165, 1.54) is 12.1 Å². The summed E-state index contributed by atoms with van der Waals surface area (Å²) in [5, 5.41) is 3.26. The third kappa shape index (κ3) is 3.84. The summed E-state index contributed by atoms with van der Waals surface area (Å²) < 4.78 is 20.4. The number of nitrogens with one attached hydrogen (secondary N) is 1. The molecule has 0 bridgehead atoms. The Morgan fingerprint density at radius 2 is 1.71 bits per heavy atom. The summed E-state index contributed by atoms with van der Waals surface area (Å²) in [7, 11) is 1.88. The van der Waals surface area contributed by atoms with Gasteiger partial charge in [-0.15, -0.1) is 0 Å². The summed E-state index contributed by atoms with van der Waals surface area (Å²) in [4.78, 5) is 0. The summed E-state index contributed by atoms with van der Waals surface area (Å²) in [6, 6.07) is 10.6. The lowest BCUT2D eigenvalue weighted by Crippen LogP contribution is -2.18. The van der Waals surface area contributed by atoms with E-state index in [0.717, 1.165) is 25.8 Å². The van der Waals surface area contributed by atoms with Crippen LogP contribution in [-0.2, 0) is 0 Å². The van der Waals surface area contributed by atoms with Gasteiger partial charge in [0, 0.05) is 8.95 Å². The van der Waals surface area contributed by atoms with Crippen LogP contribution in [0.1, 0.15) is 24.1 Å². The molecular formula is C16H16Br2FNO. The highest BCUT2D eigenvalue weighted by atomic mass is 79.9. The molecule has 5 heteroatoms. The first kappa shape index (κ1) is 16.5. The summed E-state index contributed by atoms with van der Waals surface area (Å²) in [5.41, 5.74) is 2.04. The maximum atomic E-state index is 13.3. The predicted molar refractivity (Wildman–Crippen MR) is 90.3 cm³/mol. The lowest BCUT2D eigenvalue weighted by atomic mass is 9.98. The molecule has 2 rings (SSSR count). The Bertz CT molecular complexity index is 634. The Morgan fingerprint density at radius 3 is 2.24 bits per heavy atom. The van der Waals surface area contributed by atoms with E-state index in [1.807, 2.05) is 32.2 Å². The van der Waals surface area contributed by atoms with Crippen LogP contribution < -0.4 is 10.1 Å². The molecule has 2 aromatic rings. The quantitative estimate of drug-likeness (QED) is 0.735. The summed E-state index contributed by atoms with van der Waals surface area (Å²) in [6.07, 6.45) is 0. The van der Waals surface area contributed by atoms with Crippen LogP contribution in [0.2, 0.25) is 0 Å². The van der Waals surface area contributed by atoms with E-state index in [9.17, 15) is 4.39 Å². The van der Waals surface area contributed by atoms with E-state index in [1.54, 1.807) is 6.07 Å². The molecule has 2 aromatic carbocycles. The third-order valence-corrected chi connectivity index (χ3v) is 4.53. The largest absolute Gasteiger partial charge is 0.494 e. The zero-order valence-corrected chi connectivity index (χ0v) is 15.0. The van der Waals surface area contributed by atoms with Crippen molar-refractivity contribution in [2.24, 2.45) is 0 Å². The van der Waals surface area contributed by atoms with Crippen LogP contribution in [0.25, 0.3) is 0 Å². The molecule has 21 heavy (non-hydrogen) atoms. The van der Waals surface area contributed by atoms with Crippen molar-refractivity contribution >= 4 is 31.9 Å². The van der Waals surface area contributed by atoms with Gasteiger partial charge in [0.25, 0.3) is 0 Å². The highest BCUT2D eigenvalue weighted by Crippen LogP contribution is 2.34. The van der Waals surface area contributed by atoms with Crippen molar-refractivity contribution < 1.29 is 9.13 Å². The molecule has 0 saturated carbocycles. The van der Waals surface area contributed by atoms with Gasteiger partial charge in [0.1, 0.15) is 11.6 Å². The SMILES string of the molecule is CCOc1ccc(C(NC)c2ccc(F)cc2Br)c(Br)c1. The molecular weight excluding hydrogens is 401 g/mol. The number of halogens is 3. The van der Waals surface area contributed by atoms with Gasteiger partial charge >= 0.3 is 0 Å². The molecule has 0 spiro atoms. The van der Waals surface area contributed by atoms with Crippen LogP contribution in [0.5, 0.6) is 5.75 Å². The Balaban J connectivity index is 2.41. The topological polar surface area (TPSA) is 21.3 Å². The summed E-state index contributed by atoms with van der Waals surface area (Å²) in [5.74, 6) is 0.562. The molecule has 112 valence electrons. The van der Waals surface area contributed by atoms with Crippen LogP contribution in [0.15, 0.2) is 45.3 Å². The second kappa shape index (κ2) is 7.38. The number of ether oxygens (including phenoxy) is 1.